The largest absolute Gasteiger partial charge is 0.391 e. The fourth-order valence-corrected chi connectivity index (χ4v) is 3.02. The fourth-order valence-electron chi connectivity index (χ4n) is 3.02. The first-order valence-electron chi connectivity index (χ1n) is 6.35. The number of ether oxygens (including phenoxy) is 1. The van der Waals surface area contributed by atoms with E-state index in [1.54, 1.807) is 0 Å². The van der Waals surface area contributed by atoms with Gasteiger partial charge in [0.1, 0.15) is 5.41 Å². The Morgan fingerprint density at radius 2 is 2.06 bits per heavy atom. The minimum atomic E-state index is -0.620. The maximum atomic E-state index is 10.4. The molecule has 90 valence electrons. The molecule has 2 atom stereocenters. The molecular weight excluding hydrogens is 202 g/mol. The van der Waals surface area contributed by atoms with Crippen molar-refractivity contribution in [3.05, 3.63) is 0 Å². The fraction of sp³-hybridized carbons (Fsp3) is 0.923. The smallest absolute Gasteiger partial charge is 0.109 e. The maximum Gasteiger partial charge on any atom is 0.109 e. The van der Waals surface area contributed by atoms with Gasteiger partial charge in [0.25, 0.3) is 0 Å². The molecule has 1 aliphatic heterocycles. The van der Waals surface area contributed by atoms with Crippen LogP contribution in [0.5, 0.6) is 0 Å². The molecule has 0 radical (unpaired) electrons. The first-order valence-corrected chi connectivity index (χ1v) is 6.35. The van der Waals surface area contributed by atoms with E-state index < -0.39 is 11.5 Å². The van der Waals surface area contributed by atoms with Gasteiger partial charge in [0, 0.05) is 6.61 Å². The Morgan fingerprint density at radius 1 is 1.38 bits per heavy atom. The topological polar surface area (TPSA) is 53.2 Å². The van der Waals surface area contributed by atoms with Gasteiger partial charge >= 0.3 is 0 Å². The van der Waals surface area contributed by atoms with Crippen molar-refractivity contribution >= 4 is 0 Å². The average molecular weight is 223 g/mol. The molecule has 1 heterocycles. The van der Waals surface area contributed by atoms with Crippen LogP contribution < -0.4 is 0 Å². The molecule has 0 spiro atoms. The number of nitrogens with zero attached hydrogens (tertiary/aromatic N) is 1. The van der Waals surface area contributed by atoms with Gasteiger partial charge in [-0.15, -0.1) is 0 Å². The van der Waals surface area contributed by atoms with Crippen LogP contribution in [0.3, 0.4) is 0 Å². The highest BCUT2D eigenvalue weighted by Gasteiger charge is 2.45. The molecule has 2 unspecified atom stereocenters. The van der Waals surface area contributed by atoms with Crippen LogP contribution in [0, 0.1) is 28.6 Å². The van der Waals surface area contributed by atoms with Crippen molar-refractivity contribution in [3.8, 4) is 6.07 Å². The highest BCUT2D eigenvalue weighted by atomic mass is 16.5. The second-order valence-corrected chi connectivity index (χ2v) is 5.54. The van der Waals surface area contributed by atoms with Crippen molar-refractivity contribution in [3.63, 3.8) is 0 Å². The Balaban J connectivity index is 2.01. The minimum Gasteiger partial charge on any atom is -0.391 e. The van der Waals surface area contributed by atoms with Gasteiger partial charge < -0.3 is 9.84 Å². The lowest BCUT2D eigenvalue weighted by Crippen LogP contribution is -2.41. The third-order valence-electron chi connectivity index (χ3n) is 4.35. The molecule has 0 aromatic rings. The van der Waals surface area contributed by atoms with E-state index in [-0.39, 0.29) is 0 Å². The molecule has 0 amide bonds. The molecule has 1 aliphatic carbocycles. The molecule has 2 rings (SSSR count). The number of aliphatic hydroxyl groups is 1. The maximum absolute atomic E-state index is 10.4. The van der Waals surface area contributed by atoms with E-state index in [4.69, 9.17) is 4.74 Å². The van der Waals surface area contributed by atoms with Crippen LogP contribution in [0.1, 0.15) is 39.0 Å². The Kier molecular flexibility index (Phi) is 3.51. The van der Waals surface area contributed by atoms with Crippen molar-refractivity contribution in [2.75, 3.05) is 13.2 Å². The van der Waals surface area contributed by atoms with Gasteiger partial charge in [0.15, 0.2) is 0 Å². The normalized spacial score (nSPS) is 41.6. The van der Waals surface area contributed by atoms with E-state index in [1.807, 2.05) is 0 Å². The minimum absolute atomic E-state index is 0.303. The van der Waals surface area contributed by atoms with Gasteiger partial charge in [-0.3, -0.25) is 0 Å². The van der Waals surface area contributed by atoms with Gasteiger partial charge in [0.2, 0.25) is 0 Å². The molecule has 1 N–H and O–H groups in total. The van der Waals surface area contributed by atoms with Gasteiger partial charge in [-0.25, -0.2) is 0 Å². The summed E-state index contributed by atoms with van der Waals surface area (Å²) in [6.07, 6.45) is 4.69. The Bertz CT molecular complexity index is 270. The van der Waals surface area contributed by atoms with Crippen LogP contribution in [0.2, 0.25) is 0 Å². The van der Waals surface area contributed by atoms with E-state index in [0.717, 1.165) is 18.8 Å². The summed E-state index contributed by atoms with van der Waals surface area (Å²) in [5.41, 5.74) is -0.620. The molecule has 3 nitrogen and oxygen atoms in total. The number of aliphatic hydroxyl groups excluding tert-OH is 1. The second-order valence-electron chi connectivity index (χ2n) is 5.54. The standard InChI is InChI=1S/C13H21NO2/c1-10-2-4-11(5-3-10)12(15)13(8-14)6-7-16-9-13/h10-12,15H,2-7,9H2,1H3. The van der Waals surface area contributed by atoms with E-state index in [1.165, 1.54) is 12.8 Å². The summed E-state index contributed by atoms with van der Waals surface area (Å²) in [5, 5.41) is 19.7. The SMILES string of the molecule is CC1CCC(C(O)C2(C#N)CCOC2)CC1. The molecule has 2 fully saturated rings. The summed E-state index contributed by atoms with van der Waals surface area (Å²) in [5.74, 6) is 1.08. The molecule has 2 aliphatic rings. The van der Waals surface area contributed by atoms with E-state index in [2.05, 4.69) is 13.0 Å². The number of hydrogen-bond acceptors (Lipinski definition) is 3. The molecule has 0 aromatic carbocycles. The van der Waals surface area contributed by atoms with E-state index in [9.17, 15) is 10.4 Å². The first-order chi connectivity index (χ1) is 7.68. The Hall–Kier alpha value is -0.590. The highest BCUT2D eigenvalue weighted by molar-refractivity contribution is 5.07. The molecule has 1 saturated carbocycles. The van der Waals surface area contributed by atoms with Crippen molar-refractivity contribution in [2.24, 2.45) is 17.3 Å². The van der Waals surface area contributed by atoms with E-state index >= 15 is 0 Å². The summed E-state index contributed by atoms with van der Waals surface area (Å²) in [4.78, 5) is 0. The lowest BCUT2D eigenvalue weighted by atomic mass is 9.70. The lowest BCUT2D eigenvalue weighted by molar-refractivity contribution is -0.00992. The van der Waals surface area contributed by atoms with Gasteiger partial charge in [-0.05, 0) is 31.1 Å². The van der Waals surface area contributed by atoms with Gasteiger partial charge in [0.05, 0.1) is 18.8 Å². The van der Waals surface area contributed by atoms with Gasteiger partial charge in [-0.2, -0.15) is 5.26 Å². The number of rotatable bonds is 2. The van der Waals surface area contributed by atoms with Crippen LogP contribution in [-0.2, 0) is 4.74 Å². The molecular formula is C13H21NO2. The lowest BCUT2D eigenvalue weighted by Gasteiger charge is -2.36. The molecule has 16 heavy (non-hydrogen) atoms. The molecule has 0 bridgehead atoms. The van der Waals surface area contributed by atoms with Crippen LogP contribution in [-0.4, -0.2) is 24.4 Å². The van der Waals surface area contributed by atoms with Crippen LogP contribution in [0.25, 0.3) is 0 Å². The van der Waals surface area contributed by atoms with Crippen molar-refractivity contribution in [1.82, 2.24) is 0 Å². The second kappa shape index (κ2) is 4.73. The summed E-state index contributed by atoms with van der Waals surface area (Å²) in [6.45, 7) is 3.30. The zero-order chi connectivity index (χ0) is 11.6. The zero-order valence-electron chi connectivity index (χ0n) is 9.98. The van der Waals surface area contributed by atoms with Crippen LogP contribution in [0.4, 0.5) is 0 Å². The van der Waals surface area contributed by atoms with Crippen molar-refractivity contribution in [1.29, 1.82) is 5.26 Å². The Morgan fingerprint density at radius 3 is 2.56 bits per heavy atom. The number of hydrogen-bond donors (Lipinski definition) is 1. The third kappa shape index (κ3) is 2.09. The monoisotopic (exact) mass is 223 g/mol. The highest BCUT2D eigenvalue weighted by Crippen LogP contribution is 2.40. The Labute approximate surface area is 97.4 Å². The summed E-state index contributed by atoms with van der Waals surface area (Å²) < 4.78 is 5.30. The predicted octanol–water partition coefficient (Wildman–Crippen LogP) is 2.10. The zero-order valence-corrected chi connectivity index (χ0v) is 9.98. The molecule has 3 heteroatoms. The van der Waals surface area contributed by atoms with Gasteiger partial charge in [-0.1, -0.05) is 19.8 Å². The van der Waals surface area contributed by atoms with Crippen LogP contribution >= 0.6 is 0 Å². The average Bonchev–Trinajstić information content (AvgIpc) is 2.79. The predicted molar refractivity (Wildman–Crippen MR) is 60.6 cm³/mol. The third-order valence-corrected chi connectivity index (χ3v) is 4.35. The number of nitriles is 1. The van der Waals surface area contributed by atoms with Crippen molar-refractivity contribution < 1.29 is 9.84 Å². The molecule has 0 aromatic heterocycles. The van der Waals surface area contributed by atoms with Crippen LogP contribution in [0.15, 0.2) is 0 Å². The van der Waals surface area contributed by atoms with Crippen molar-refractivity contribution in [2.45, 2.75) is 45.1 Å². The van der Waals surface area contributed by atoms with E-state index in [0.29, 0.717) is 25.6 Å². The summed E-state index contributed by atoms with van der Waals surface area (Å²) in [7, 11) is 0. The first kappa shape index (κ1) is 11.9. The summed E-state index contributed by atoms with van der Waals surface area (Å²) >= 11 is 0. The summed E-state index contributed by atoms with van der Waals surface area (Å²) in [6, 6.07) is 2.31. The molecule has 1 saturated heterocycles. The quantitative estimate of drug-likeness (QED) is 0.780.